The zero-order valence-electron chi connectivity index (χ0n) is 25.3. The molecule has 4 nitrogen and oxygen atoms in total. The molecule has 6 aromatic carbocycles. The van der Waals surface area contributed by atoms with E-state index in [1.807, 2.05) is 48.8 Å². The molecule has 0 saturated carbocycles. The largest absolute Gasteiger partial charge is 0.456 e. The summed E-state index contributed by atoms with van der Waals surface area (Å²) in [4.78, 5) is 14.9. The van der Waals surface area contributed by atoms with E-state index in [0.717, 1.165) is 66.7 Å². The zero-order valence-corrected chi connectivity index (χ0v) is 25.3. The summed E-state index contributed by atoms with van der Waals surface area (Å²) in [6.45, 7) is 0. The van der Waals surface area contributed by atoms with Crippen LogP contribution in [0, 0.1) is 0 Å². The van der Waals surface area contributed by atoms with Crippen LogP contribution in [0.4, 0.5) is 0 Å². The molecule has 3 heterocycles. The Morgan fingerprint density at radius 1 is 0.404 bits per heavy atom. The Kier molecular flexibility index (Phi) is 6.43. The van der Waals surface area contributed by atoms with Crippen molar-refractivity contribution in [3.05, 3.63) is 164 Å². The first-order chi connectivity index (χ1) is 23.3. The van der Waals surface area contributed by atoms with Crippen molar-refractivity contribution in [2.24, 2.45) is 0 Å². The monoisotopic (exact) mass is 601 g/mol. The van der Waals surface area contributed by atoms with Crippen molar-refractivity contribution in [2.75, 3.05) is 0 Å². The van der Waals surface area contributed by atoms with Gasteiger partial charge in [0, 0.05) is 45.4 Å². The Morgan fingerprint density at radius 2 is 1.06 bits per heavy atom. The van der Waals surface area contributed by atoms with Crippen LogP contribution in [0.3, 0.4) is 0 Å². The van der Waals surface area contributed by atoms with E-state index in [4.69, 9.17) is 14.4 Å². The quantitative estimate of drug-likeness (QED) is 0.197. The fourth-order valence-corrected chi connectivity index (χ4v) is 6.39. The SMILES string of the molecule is c1ccc(-c2ccc(-c3cc(-c4ccc5ccccc5c4)nc(-c4ccncc4-c4ccc5oc6ccccc6c5c4)n3)cc2)cc1. The van der Waals surface area contributed by atoms with Gasteiger partial charge in [-0.05, 0) is 63.9 Å². The Balaban J connectivity index is 1.21. The van der Waals surface area contributed by atoms with E-state index in [9.17, 15) is 0 Å². The number of fused-ring (bicyclic) bond motifs is 4. The molecule has 0 atom stereocenters. The van der Waals surface area contributed by atoms with Crippen molar-refractivity contribution in [3.8, 4) is 56.2 Å². The Bertz CT molecular complexity index is 2570. The summed E-state index contributed by atoms with van der Waals surface area (Å²) in [6.07, 6.45) is 3.71. The van der Waals surface area contributed by atoms with E-state index in [2.05, 4.69) is 120 Å². The van der Waals surface area contributed by atoms with Crippen LogP contribution >= 0.6 is 0 Å². The predicted molar refractivity (Wildman–Crippen MR) is 192 cm³/mol. The molecule has 9 rings (SSSR count). The van der Waals surface area contributed by atoms with Gasteiger partial charge >= 0.3 is 0 Å². The minimum atomic E-state index is 0.646. The molecular weight excluding hydrogens is 574 g/mol. The molecule has 9 aromatic rings. The number of nitrogens with zero attached hydrogens (tertiary/aromatic N) is 3. The van der Waals surface area contributed by atoms with Gasteiger partial charge < -0.3 is 4.42 Å². The highest BCUT2D eigenvalue weighted by molar-refractivity contribution is 6.06. The first-order valence-corrected chi connectivity index (χ1v) is 15.7. The van der Waals surface area contributed by atoms with Crippen LogP contribution in [0.25, 0.3) is 88.9 Å². The van der Waals surface area contributed by atoms with E-state index >= 15 is 0 Å². The lowest BCUT2D eigenvalue weighted by Crippen LogP contribution is -1.98. The van der Waals surface area contributed by atoms with E-state index in [1.165, 1.54) is 16.3 Å². The Labute approximate surface area is 271 Å². The summed E-state index contributed by atoms with van der Waals surface area (Å²) >= 11 is 0. The molecule has 0 aliphatic heterocycles. The molecule has 0 unspecified atom stereocenters. The highest BCUT2D eigenvalue weighted by atomic mass is 16.3. The first-order valence-electron chi connectivity index (χ1n) is 15.7. The highest BCUT2D eigenvalue weighted by Crippen LogP contribution is 2.37. The summed E-state index contributed by atoms with van der Waals surface area (Å²) in [5.74, 6) is 0.646. The van der Waals surface area contributed by atoms with E-state index < -0.39 is 0 Å². The Morgan fingerprint density at radius 3 is 1.94 bits per heavy atom. The van der Waals surface area contributed by atoms with Gasteiger partial charge in [0.25, 0.3) is 0 Å². The molecule has 0 bridgehead atoms. The number of hydrogen-bond acceptors (Lipinski definition) is 4. The molecule has 0 aliphatic carbocycles. The van der Waals surface area contributed by atoms with Gasteiger partial charge in [0.1, 0.15) is 11.2 Å². The third-order valence-corrected chi connectivity index (χ3v) is 8.81. The zero-order chi connectivity index (χ0) is 31.2. The lowest BCUT2D eigenvalue weighted by molar-refractivity contribution is 0.669. The lowest BCUT2D eigenvalue weighted by Gasteiger charge is -2.13. The molecule has 47 heavy (non-hydrogen) atoms. The average Bonchev–Trinajstić information content (AvgIpc) is 3.53. The maximum Gasteiger partial charge on any atom is 0.161 e. The molecule has 3 aromatic heterocycles. The van der Waals surface area contributed by atoms with Gasteiger partial charge in [0.15, 0.2) is 5.82 Å². The molecule has 0 radical (unpaired) electrons. The maximum absolute atomic E-state index is 6.11. The van der Waals surface area contributed by atoms with Gasteiger partial charge in [-0.15, -0.1) is 0 Å². The maximum atomic E-state index is 6.11. The van der Waals surface area contributed by atoms with Crippen LogP contribution in [-0.4, -0.2) is 15.0 Å². The Hall–Kier alpha value is -6.39. The van der Waals surface area contributed by atoms with Crippen LogP contribution < -0.4 is 0 Å². The fourth-order valence-electron chi connectivity index (χ4n) is 6.39. The van der Waals surface area contributed by atoms with Crippen LogP contribution in [0.1, 0.15) is 0 Å². The molecule has 0 N–H and O–H groups in total. The number of benzene rings is 6. The molecule has 4 heteroatoms. The first kappa shape index (κ1) is 27.0. The highest BCUT2D eigenvalue weighted by Gasteiger charge is 2.17. The second kappa shape index (κ2) is 11.2. The summed E-state index contributed by atoms with van der Waals surface area (Å²) in [6, 6.07) is 52.5. The second-order valence-electron chi connectivity index (χ2n) is 11.7. The number of furan rings is 1. The summed E-state index contributed by atoms with van der Waals surface area (Å²) in [5.41, 5.74) is 10.8. The van der Waals surface area contributed by atoms with Gasteiger partial charge in [0.05, 0.1) is 11.4 Å². The third kappa shape index (κ3) is 4.93. The van der Waals surface area contributed by atoms with Crippen molar-refractivity contribution >= 4 is 32.7 Å². The summed E-state index contributed by atoms with van der Waals surface area (Å²) < 4.78 is 6.11. The topological polar surface area (TPSA) is 51.8 Å². The van der Waals surface area contributed by atoms with Gasteiger partial charge in [-0.2, -0.15) is 0 Å². The predicted octanol–water partition coefficient (Wildman–Crippen LogP) is 11.3. The molecule has 0 aliphatic rings. The smallest absolute Gasteiger partial charge is 0.161 e. The van der Waals surface area contributed by atoms with Gasteiger partial charge in [0.2, 0.25) is 0 Å². The molecule has 0 fully saturated rings. The lowest BCUT2D eigenvalue weighted by atomic mass is 9.98. The molecule has 0 spiro atoms. The van der Waals surface area contributed by atoms with Crippen molar-refractivity contribution in [3.63, 3.8) is 0 Å². The van der Waals surface area contributed by atoms with Crippen molar-refractivity contribution < 1.29 is 4.42 Å². The standard InChI is InChI=1S/C43H27N3O/c1-2-8-28(9-3-1)30-14-17-31(18-15-30)39-26-40(34-19-16-29-10-4-5-11-32(29)24-34)46-43(45-39)36-22-23-44-27-38(36)33-20-21-42-37(25-33)35-12-6-7-13-41(35)47-42/h1-27H. The van der Waals surface area contributed by atoms with E-state index in [-0.39, 0.29) is 0 Å². The van der Waals surface area contributed by atoms with Gasteiger partial charge in [-0.3, -0.25) is 4.98 Å². The van der Waals surface area contributed by atoms with Gasteiger partial charge in [-0.25, -0.2) is 9.97 Å². The average molecular weight is 602 g/mol. The van der Waals surface area contributed by atoms with E-state index in [1.54, 1.807) is 0 Å². The van der Waals surface area contributed by atoms with Crippen LogP contribution in [0.2, 0.25) is 0 Å². The molecular formula is C43H27N3O. The normalized spacial score (nSPS) is 11.4. The summed E-state index contributed by atoms with van der Waals surface area (Å²) in [7, 11) is 0. The van der Waals surface area contributed by atoms with Crippen LogP contribution in [-0.2, 0) is 0 Å². The molecule has 0 amide bonds. The van der Waals surface area contributed by atoms with Crippen molar-refractivity contribution in [2.45, 2.75) is 0 Å². The van der Waals surface area contributed by atoms with Gasteiger partial charge in [-0.1, -0.05) is 115 Å². The van der Waals surface area contributed by atoms with Crippen molar-refractivity contribution in [1.82, 2.24) is 15.0 Å². The minimum absolute atomic E-state index is 0.646. The molecule has 0 saturated heterocycles. The second-order valence-corrected chi connectivity index (χ2v) is 11.7. The summed E-state index contributed by atoms with van der Waals surface area (Å²) in [5, 5.41) is 4.52. The van der Waals surface area contributed by atoms with Crippen LogP contribution in [0.5, 0.6) is 0 Å². The number of aromatic nitrogens is 3. The number of hydrogen-bond donors (Lipinski definition) is 0. The third-order valence-electron chi connectivity index (χ3n) is 8.81. The van der Waals surface area contributed by atoms with Crippen LogP contribution in [0.15, 0.2) is 168 Å². The van der Waals surface area contributed by atoms with E-state index in [0.29, 0.717) is 5.82 Å². The number of para-hydroxylation sites is 1. The number of rotatable bonds is 5. The fraction of sp³-hybridized carbons (Fsp3) is 0. The molecule has 220 valence electrons. The number of pyridine rings is 1. The van der Waals surface area contributed by atoms with Crippen molar-refractivity contribution in [1.29, 1.82) is 0 Å². The minimum Gasteiger partial charge on any atom is -0.456 e.